The van der Waals surface area contributed by atoms with Gasteiger partial charge in [-0.25, -0.2) is 4.98 Å². The van der Waals surface area contributed by atoms with Gasteiger partial charge < -0.3 is 15.1 Å². The number of aromatic nitrogens is 3. The largest absolute Gasteiger partial charge is 0.345 e. The van der Waals surface area contributed by atoms with Gasteiger partial charge in [0.05, 0.1) is 5.52 Å². The number of carbonyl (C=O) groups excluding carboxylic acids is 2. The van der Waals surface area contributed by atoms with E-state index in [2.05, 4.69) is 20.2 Å². The highest BCUT2D eigenvalue weighted by molar-refractivity contribution is 6.02. The average molecular weight is 378 g/mol. The third kappa shape index (κ3) is 3.59. The zero-order chi connectivity index (χ0) is 19.5. The van der Waals surface area contributed by atoms with Gasteiger partial charge in [-0.1, -0.05) is 6.07 Å². The molecule has 0 radical (unpaired) electrons. The second-order valence-electron chi connectivity index (χ2n) is 6.87. The number of rotatable bonds is 4. The summed E-state index contributed by atoms with van der Waals surface area (Å²) in [6.45, 7) is 3.34. The fourth-order valence-corrected chi connectivity index (χ4v) is 3.28. The molecule has 1 aliphatic heterocycles. The predicted molar refractivity (Wildman–Crippen MR) is 104 cm³/mol. The number of pyridine rings is 2. The van der Waals surface area contributed by atoms with Gasteiger partial charge in [-0.3, -0.25) is 19.0 Å². The zero-order valence-corrected chi connectivity index (χ0v) is 15.7. The van der Waals surface area contributed by atoms with Crippen molar-refractivity contribution in [1.29, 1.82) is 0 Å². The molecule has 1 N–H and O–H groups in total. The highest BCUT2D eigenvalue weighted by Gasteiger charge is 2.26. The van der Waals surface area contributed by atoms with Crippen LogP contribution in [0, 0.1) is 0 Å². The van der Waals surface area contributed by atoms with Gasteiger partial charge in [0, 0.05) is 51.3 Å². The Morgan fingerprint density at radius 2 is 1.82 bits per heavy atom. The van der Waals surface area contributed by atoms with E-state index in [0.29, 0.717) is 30.8 Å². The highest BCUT2D eigenvalue weighted by atomic mass is 16.2. The molecule has 28 heavy (non-hydrogen) atoms. The molecule has 0 spiro atoms. The molecular weight excluding hydrogens is 356 g/mol. The van der Waals surface area contributed by atoms with Crippen LogP contribution in [0.5, 0.6) is 0 Å². The molecule has 4 rings (SSSR count). The molecule has 3 aromatic rings. The van der Waals surface area contributed by atoms with Crippen molar-refractivity contribution in [2.75, 3.05) is 33.2 Å². The van der Waals surface area contributed by atoms with E-state index in [1.807, 2.05) is 37.4 Å². The lowest BCUT2D eigenvalue weighted by molar-refractivity contribution is 0.0661. The summed E-state index contributed by atoms with van der Waals surface area (Å²) in [6.07, 6.45) is 5.11. The molecule has 0 atom stereocenters. The first-order chi connectivity index (χ1) is 13.6. The molecule has 2 amide bonds. The summed E-state index contributed by atoms with van der Waals surface area (Å²) in [5.74, 6) is -0.248. The summed E-state index contributed by atoms with van der Waals surface area (Å²) >= 11 is 0. The monoisotopic (exact) mass is 378 g/mol. The molecule has 0 aliphatic carbocycles. The first-order valence-corrected chi connectivity index (χ1v) is 9.25. The Kier molecular flexibility index (Phi) is 5.03. The van der Waals surface area contributed by atoms with E-state index in [-0.39, 0.29) is 17.6 Å². The predicted octanol–water partition coefficient (Wildman–Crippen LogP) is 1.05. The molecular formula is C20H22N6O2. The van der Waals surface area contributed by atoms with E-state index in [1.165, 1.54) is 0 Å². The molecule has 144 valence electrons. The maximum atomic E-state index is 13.0. The van der Waals surface area contributed by atoms with Gasteiger partial charge in [-0.15, -0.1) is 0 Å². The SMILES string of the molecule is CN1CCN(C(=O)c2nc(C(=O)NCc3ccncc3)n3ccccc23)CC1. The van der Waals surface area contributed by atoms with Crippen LogP contribution < -0.4 is 5.32 Å². The second kappa shape index (κ2) is 7.77. The fraction of sp³-hybridized carbons (Fsp3) is 0.300. The number of piperazine rings is 1. The summed E-state index contributed by atoms with van der Waals surface area (Å²) < 4.78 is 1.67. The van der Waals surface area contributed by atoms with Crippen LogP contribution in [-0.2, 0) is 6.54 Å². The first-order valence-electron chi connectivity index (χ1n) is 9.25. The van der Waals surface area contributed by atoms with Gasteiger partial charge >= 0.3 is 0 Å². The van der Waals surface area contributed by atoms with Gasteiger partial charge in [0.15, 0.2) is 5.69 Å². The molecule has 4 heterocycles. The van der Waals surface area contributed by atoms with E-state index in [0.717, 1.165) is 18.7 Å². The molecule has 1 aliphatic rings. The van der Waals surface area contributed by atoms with E-state index in [9.17, 15) is 9.59 Å². The van der Waals surface area contributed by atoms with Crippen molar-refractivity contribution in [3.8, 4) is 0 Å². The molecule has 0 saturated carbocycles. The smallest absolute Gasteiger partial charge is 0.287 e. The van der Waals surface area contributed by atoms with Crippen molar-refractivity contribution >= 4 is 17.3 Å². The first kappa shape index (κ1) is 18.1. The van der Waals surface area contributed by atoms with E-state index < -0.39 is 0 Å². The molecule has 8 nitrogen and oxygen atoms in total. The van der Waals surface area contributed by atoms with Gasteiger partial charge in [0.25, 0.3) is 11.8 Å². The topological polar surface area (TPSA) is 82.8 Å². The molecule has 0 bridgehead atoms. The number of likely N-dealkylation sites (N-methyl/N-ethyl adjacent to an activating group) is 1. The Labute approximate surface area is 162 Å². The van der Waals surface area contributed by atoms with Crippen LogP contribution in [0.15, 0.2) is 48.9 Å². The van der Waals surface area contributed by atoms with Crippen LogP contribution >= 0.6 is 0 Å². The quantitative estimate of drug-likeness (QED) is 0.734. The van der Waals surface area contributed by atoms with Crippen LogP contribution in [0.25, 0.3) is 5.52 Å². The summed E-state index contributed by atoms with van der Waals surface area (Å²) in [7, 11) is 2.04. The van der Waals surface area contributed by atoms with Crippen LogP contribution in [-0.4, -0.2) is 69.2 Å². The Hall–Kier alpha value is -3.26. The fourth-order valence-electron chi connectivity index (χ4n) is 3.28. The number of imidazole rings is 1. The van der Waals surface area contributed by atoms with Crippen molar-refractivity contribution in [3.05, 3.63) is 66.0 Å². The normalized spacial score (nSPS) is 15.0. The number of carbonyl (C=O) groups is 2. The van der Waals surface area contributed by atoms with E-state index >= 15 is 0 Å². The van der Waals surface area contributed by atoms with Gasteiger partial charge in [-0.2, -0.15) is 0 Å². The lowest BCUT2D eigenvalue weighted by atomic mass is 10.2. The number of hydrogen-bond donors (Lipinski definition) is 1. The van der Waals surface area contributed by atoms with Gasteiger partial charge in [0.1, 0.15) is 0 Å². The van der Waals surface area contributed by atoms with Crippen molar-refractivity contribution in [2.45, 2.75) is 6.54 Å². The molecule has 1 saturated heterocycles. The number of hydrogen-bond acceptors (Lipinski definition) is 5. The second-order valence-corrected chi connectivity index (χ2v) is 6.87. The van der Waals surface area contributed by atoms with Gasteiger partial charge in [0.2, 0.25) is 5.82 Å². The van der Waals surface area contributed by atoms with Gasteiger partial charge in [-0.05, 0) is 36.9 Å². The highest BCUT2D eigenvalue weighted by Crippen LogP contribution is 2.16. The van der Waals surface area contributed by atoms with Crippen molar-refractivity contribution in [1.82, 2.24) is 29.5 Å². The molecule has 8 heteroatoms. The molecule has 0 aromatic carbocycles. The Morgan fingerprint density at radius 1 is 1.07 bits per heavy atom. The Bertz CT molecular complexity index is 992. The van der Waals surface area contributed by atoms with Crippen LogP contribution in [0.2, 0.25) is 0 Å². The lowest BCUT2D eigenvalue weighted by Crippen LogP contribution is -2.47. The third-order valence-electron chi connectivity index (χ3n) is 4.95. The third-order valence-corrected chi connectivity index (χ3v) is 4.95. The number of amides is 2. The van der Waals surface area contributed by atoms with Crippen LogP contribution in [0.1, 0.15) is 26.7 Å². The van der Waals surface area contributed by atoms with Crippen LogP contribution in [0.3, 0.4) is 0 Å². The average Bonchev–Trinajstić information content (AvgIpc) is 3.13. The number of nitrogens with zero attached hydrogens (tertiary/aromatic N) is 5. The molecule has 0 unspecified atom stereocenters. The minimum Gasteiger partial charge on any atom is -0.345 e. The summed E-state index contributed by atoms with van der Waals surface area (Å²) in [4.78, 5) is 38.2. The Morgan fingerprint density at radius 3 is 2.57 bits per heavy atom. The minimum absolute atomic E-state index is 0.134. The summed E-state index contributed by atoms with van der Waals surface area (Å²) in [6, 6.07) is 9.16. The van der Waals surface area contributed by atoms with Crippen LogP contribution in [0.4, 0.5) is 0 Å². The molecule has 3 aromatic heterocycles. The summed E-state index contributed by atoms with van der Waals surface area (Å²) in [5.41, 5.74) is 1.90. The molecule has 1 fully saturated rings. The number of nitrogens with one attached hydrogen (secondary N) is 1. The maximum absolute atomic E-state index is 13.0. The lowest BCUT2D eigenvalue weighted by Gasteiger charge is -2.32. The van der Waals surface area contributed by atoms with E-state index in [4.69, 9.17) is 0 Å². The minimum atomic E-state index is -0.324. The number of fused-ring (bicyclic) bond motifs is 1. The maximum Gasteiger partial charge on any atom is 0.287 e. The van der Waals surface area contributed by atoms with Crippen molar-refractivity contribution in [2.24, 2.45) is 0 Å². The zero-order valence-electron chi connectivity index (χ0n) is 15.7. The van der Waals surface area contributed by atoms with Crippen molar-refractivity contribution in [3.63, 3.8) is 0 Å². The summed E-state index contributed by atoms with van der Waals surface area (Å²) in [5, 5.41) is 2.86. The van der Waals surface area contributed by atoms with E-state index in [1.54, 1.807) is 27.9 Å². The standard InChI is InChI=1S/C20H22N6O2/c1-24-10-12-25(13-11-24)20(28)17-16-4-2-3-9-26(16)18(23-17)19(27)22-14-15-5-7-21-8-6-15/h2-9H,10-14H2,1H3,(H,22,27). The van der Waals surface area contributed by atoms with Crippen molar-refractivity contribution < 1.29 is 9.59 Å². The Balaban J connectivity index is 1.59.